The van der Waals surface area contributed by atoms with E-state index in [2.05, 4.69) is 9.97 Å². The van der Waals surface area contributed by atoms with Crippen molar-refractivity contribution >= 4 is 39.9 Å². The SMILES string of the molecule is CCOc1ccc2c(c1)c(C(=O)c1ncc(-c3ccncc3)o1)c(Cl)n2Cc1ccc(Cl)cc1. The minimum absolute atomic E-state index is 0.0407. The van der Waals surface area contributed by atoms with Gasteiger partial charge in [-0.15, -0.1) is 0 Å². The smallest absolute Gasteiger partial charge is 0.268 e. The largest absolute Gasteiger partial charge is 0.494 e. The zero-order valence-corrected chi connectivity index (χ0v) is 19.7. The Labute approximate surface area is 205 Å². The molecule has 0 atom stereocenters. The highest BCUT2D eigenvalue weighted by molar-refractivity contribution is 6.36. The molecule has 0 N–H and O–H groups in total. The highest BCUT2D eigenvalue weighted by Crippen LogP contribution is 2.35. The summed E-state index contributed by atoms with van der Waals surface area (Å²) in [4.78, 5) is 21.8. The summed E-state index contributed by atoms with van der Waals surface area (Å²) >= 11 is 12.9. The van der Waals surface area contributed by atoms with Gasteiger partial charge in [-0.1, -0.05) is 35.3 Å². The first-order valence-corrected chi connectivity index (χ1v) is 11.4. The molecule has 0 amide bonds. The number of carbonyl (C=O) groups excluding carboxylic acids is 1. The summed E-state index contributed by atoms with van der Waals surface area (Å²) in [5.41, 5.74) is 2.88. The molecule has 0 aliphatic carbocycles. The number of halogens is 2. The predicted octanol–water partition coefficient (Wildman–Crippen LogP) is 6.68. The van der Waals surface area contributed by atoms with Gasteiger partial charge in [0.1, 0.15) is 10.9 Å². The molecule has 3 aromatic heterocycles. The van der Waals surface area contributed by atoms with Gasteiger partial charge in [0, 0.05) is 34.9 Å². The number of rotatable bonds is 7. The molecule has 34 heavy (non-hydrogen) atoms. The fourth-order valence-corrected chi connectivity index (χ4v) is 4.30. The average Bonchev–Trinajstić information content (AvgIpc) is 3.45. The number of carbonyl (C=O) groups is 1. The van der Waals surface area contributed by atoms with Crippen LogP contribution in [0.2, 0.25) is 10.2 Å². The molecular formula is C26H19Cl2N3O3. The third-order valence-corrected chi connectivity index (χ3v) is 6.07. The summed E-state index contributed by atoms with van der Waals surface area (Å²) in [6.07, 6.45) is 4.82. The molecule has 0 saturated carbocycles. The molecule has 8 heteroatoms. The number of nitrogens with zero attached hydrogens (tertiary/aromatic N) is 3. The summed E-state index contributed by atoms with van der Waals surface area (Å²) in [6, 6.07) is 16.7. The molecule has 0 aliphatic rings. The second-order valence-corrected chi connectivity index (χ2v) is 8.38. The van der Waals surface area contributed by atoms with Gasteiger partial charge in [-0.25, -0.2) is 4.98 Å². The molecule has 0 aliphatic heterocycles. The molecule has 0 bridgehead atoms. The molecule has 6 nitrogen and oxygen atoms in total. The first-order chi connectivity index (χ1) is 16.5. The van der Waals surface area contributed by atoms with Crippen LogP contribution in [-0.4, -0.2) is 26.9 Å². The Morgan fingerprint density at radius 3 is 2.56 bits per heavy atom. The quantitative estimate of drug-likeness (QED) is 0.237. The molecular weight excluding hydrogens is 473 g/mol. The Balaban J connectivity index is 1.61. The average molecular weight is 492 g/mol. The minimum atomic E-state index is -0.404. The highest BCUT2D eigenvalue weighted by Gasteiger charge is 2.26. The molecule has 5 rings (SSSR count). The zero-order valence-electron chi connectivity index (χ0n) is 18.2. The van der Waals surface area contributed by atoms with Crippen LogP contribution < -0.4 is 4.74 Å². The Kier molecular flexibility index (Phi) is 6.09. The lowest BCUT2D eigenvalue weighted by molar-refractivity contribution is 0.100. The summed E-state index contributed by atoms with van der Waals surface area (Å²) in [5.74, 6) is 0.677. The van der Waals surface area contributed by atoms with Crippen molar-refractivity contribution in [3.05, 3.63) is 100 Å². The van der Waals surface area contributed by atoms with Gasteiger partial charge in [-0.2, -0.15) is 0 Å². The first-order valence-electron chi connectivity index (χ1n) is 10.6. The number of hydrogen-bond acceptors (Lipinski definition) is 5. The van der Waals surface area contributed by atoms with Crippen molar-refractivity contribution in [2.75, 3.05) is 6.61 Å². The summed E-state index contributed by atoms with van der Waals surface area (Å²) in [6.45, 7) is 2.87. The van der Waals surface area contributed by atoms with E-state index in [4.69, 9.17) is 32.4 Å². The van der Waals surface area contributed by atoms with E-state index >= 15 is 0 Å². The Morgan fingerprint density at radius 1 is 1.06 bits per heavy atom. The van der Waals surface area contributed by atoms with Gasteiger partial charge in [0.25, 0.3) is 11.7 Å². The fourth-order valence-electron chi connectivity index (χ4n) is 3.84. The maximum Gasteiger partial charge on any atom is 0.268 e. The van der Waals surface area contributed by atoms with Gasteiger partial charge in [0.15, 0.2) is 5.76 Å². The predicted molar refractivity (Wildman–Crippen MR) is 132 cm³/mol. The monoisotopic (exact) mass is 491 g/mol. The van der Waals surface area contributed by atoms with Crippen molar-refractivity contribution in [2.45, 2.75) is 13.5 Å². The number of ether oxygens (including phenoxy) is 1. The van der Waals surface area contributed by atoms with Crippen LogP contribution in [0.15, 0.2) is 77.6 Å². The number of aromatic nitrogens is 3. The number of fused-ring (bicyclic) bond motifs is 1. The normalized spacial score (nSPS) is 11.1. The van der Waals surface area contributed by atoms with Crippen LogP contribution >= 0.6 is 23.2 Å². The molecule has 0 radical (unpaired) electrons. The Morgan fingerprint density at radius 2 is 1.82 bits per heavy atom. The van der Waals surface area contributed by atoms with Gasteiger partial charge in [-0.05, 0) is 55.0 Å². The third-order valence-electron chi connectivity index (χ3n) is 5.43. The van der Waals surface area contributed by atoms with Gasteiger partial charge in [-0.3, -0.25) is 9.78 Å². The van der Waals surface area contributed by atoms with E-state index in [9.17, 15) is 4.79 Å². The number of ketones is 1. The van der Waals surface area contributed by atoms with Crippen molar-refractivity contribution in [1.82, 2.24) is 14.5 Å². The number of benzene rings is 2. The second-order valence-electron chi connectivity index (χ2n) is 7.59. The number of hydrogen-bond donors (Lipinski definition) is 0. The maximum atomic E-state index is 13.6. The van der Waals surface area contributed by atoms with Crippen LogP contribution in [0.1, 0.15) is 28.7 Å². The molecule has 0 unspecified atom stereocenters. The molecule has 0 fully saturated rings. The summed E-state index contributed by atoms with van der Waals surface area (Å²) < 4.78 is 13.4. The zero-order chi connectivity index (χ0) is 23.7. The lowest BCUT2D eigenvalue weighted by Gasteiger charge is -2.08. The van der Waals surface area contributed by atoms with Crippen LogP contribution in [0.4, 0.5) is 0 Å². The molecule has 3 heterocycles. The molecule has 0 saturated heterocycles. The van der Waals surface area contributed by atoms with Crippen LogP contribution in [-0.2, 0) is 6.54 Å². The maximum absolute atomic E-state index is 13.6. The van der Waals surface area contributed by atoms with E-state index in [1.165, 1.54) is 6.20 Å². The van der Waals surface area contributed by atoms with Gasteiger partial charge >= 0.3 is 0 Å². The lowest BCUT2D eigenvalue weighted by Crippen LogP contribution is -2.04. The Bertz CT molecular complexity index is 1480. The summed E-state index contributed by atoms with van der Waals surface area (Å²) in [5, 5.41) is 1.61. The van der Waals surface area contributed by atoms with Crippen molar-refractivity contribution in [1.29, 1.82) is 0 Å². The van der Waals surface area contributed by atoms with Gasteiger partial charge < -0.3 is 13.7 Å². The number of pyridine rings is 1. The molecule has 2 aromatic carbocycles. The van der Waals surface area contributed by atoms with Crippen molar-refractivity contribution < 1.29 is 13.9 Å². The first kappa shape index (κ1) is 22.2. The minimum Gasteiger partial charge on any atom is -0.494 e. The van der Waals surface area contributed by atoms with Crippen molar-refractivity contribution in [2.24, 2.45) is 0 Å². The van der Waals surface area contributed by atoms with Crippen molar-refractivity contribution in [3.63, 3.8) is 0 Å². The van der Waals surface area contributed by atoms with Crippen LogP contribution in [0, 0.1) is 0 Å². The lowest BCUT2D eigenvalue weighted by atomic mass is 10.1. The van der Waals surface area contributed by atoms with Gasteiger partial charge in [0.2, 0.25) is 0 Å². The highest BCUT2D eigenvalue weighted by atomic mass is 35.5. The molecule has 170 valence electrons. The van der Waals surface area contributed by atoms with Crippen LogP contribution in [0.5, 0.6) is 5.75 Å². The van der Waals surface area contributed by atoms with Crippen LogP contribution in [0.25, 0.3) is 22.2 Å². The van der Waals surface area contributed by atoms with E-state index in [0.717, 1.165) is 16.6 Å². The second kappa shape index (κ2) is 9.33. The van der Waals surface area contributed by atoms with Crippen molar-refractivity contribution in [3.8, 4) is 17.1 Å². The van der Waals surface area contributed by atoms with Gasteiger partial charge in [0.05, 0.1) is 23.9 Å². The molecule has 0 spiro atoms. The van der Waals surface area contributed by atoms with Crippen LogP contribution in [0.3, 0.4) is 0 Å². The topological polar surface area (TPSA) is 70.2 Å². The standard InChI is InChI=1S/C26H19Cl2N3O3/c1-2-33-19-7-8-21-20(13-19)23(25(28)31(21)15-16-3-5-18(27)6-4-16)24(32)26-30-14-22(34-26)17-9-11-29-12-10-17/h3-14H,2,15H2,1H3. The molecule has 5 aromatic rings. The third kappa shape index (κ3) is 4.18. The summed E-state index contributed by atoms with van der Waals surface area (Å²) in [7, 11) is 0. The van der Waals surface area contributed by atoms with E-state index in [1.54, 1.807) is 24.5 Å². The van der Waals surface area contributed by atoms with E-state index in [-0.39, 0.29) is 5.89 Å². The fraction of sp³-hybridized carbons (Fsp3) is 0.115. The van der Waals surface area contributed by atoms with E-state index < -0.39 is 5.78 Å². The Hall–Kier alpha value is -3.61. The van der Waals surface area contributed by atoms with E-state index in [0.29, 0.717) is 45.8 Å². The van der Waals surface area contributed by atoms with E-state index in [1.807, 2.05) is 54.0 Å². The number of oxazole rings is 1.